The number of ether oxygens (including phenoxy) is 1. The lowest BCUT2D eigenvalue weighted by Gasteiger charge is -2.18. The smallest absolute Gasteiger partial charge is 0.234 e. The Kier molecular flexibility index (Phi) is 11.8. The minimum atomic E-state index is 0.0643. The molecule has 0 heterocycles. The number of amides is 1. The lowest BCUT2D eigenvalue weighted by molar-refractivity contribution is -0.122. The Bertz CT molecular complexity index is 473. The van der Waals surface area contributed by atoms with Crippen molar-refractivity contribution in [2.45, 2.75) is 65.8 Å². The van der Waals surface area contributed by atoms with Crippen molar-refractivity contribution in [2.75, 3.05) is 26.2 Å². The lowest BCUT2D eigenvalue weighted by Crippen LogP contribution is -2.36. The number of rotatable bonds is 14. The molecule has 4 heteroatoms. The van der Waals surface area contributed by atoms with Gasteiger partial charge in [0.05, 0.1) is 13.2 Å². The number of hydrogen-bond acceptors (Lipinski definition) is 3. The number of hydrogen-bond donors (Lipinski definition) is 1. The molecule has 0 saturated carbocycles. The first kappa shape index (κ1) is 21.5. The van der Waals surface area contributed by atoms with Gasteiger partial charge in [0, 0.05) is 12.1 Å². The average Bonchev–Trinajstić information content (AvgIpc) is 2.64. The fraction of sp³-hybridized carbons (Fsp3) is 0.667. The average molecular weight is 349 g/mol. The Morgan fingerprint density at radius 3 is 2.40 bits per heavy atom. The standard InChI is InChI=1S/C21H36N2O2/c1-4-7-8-9-10-13-16-25-20-15-12-11-14-19(20)17-22-21(24)18-23(5-2)6-3/h11-12,14-15H,4-10,13,16-18H2,1-3H3,(H,22,24). The predicted molar refractivity (Wildman–Crippen MR) is 105 cm³/mol. The summed E-state index contributed by atoms with van der Waals surface area (Å²) >= 11 is 0. The van der Waals surface area contributed by atoms with Gasteiger partial charge >= 0.3 is 0 Å². The molecule has 4 nitrogen and oxygen atoms in total. The first-order valence-corrected chi connectivity index (χ1v) is 9.90. The molecule has 0 unspecified atom stereocenters. The van der Waals surface area contributed by atoms with E-state index < -0.39 is 0 Å². The topological polar surface area (TPSA) is 41.6 Å². The highest BCUT2D eigenvalue weighted by atomic mass is 16.5. The Balaban J connectivity index is 2.34. The van der Waals surface area contributed by atoms with Gasteiger partial charge in [0.25, 0.3) is 0 Å². The predicted octanol–water partition coefficient (Wildman–Crippen LogP) is 4.38. The Morgan fingerprint density at radius 2 is 1.68 bits per heavy atom. The highest BCUT2D eigenvalue weighted by Crippen LogP contribution is 2.18. The van der Waals surface area contributed by atoms with Gasteiger partial charge in [-0.25, -0.2) is 0 Å². The van der Waals surface area contributed by atoms with E-state index in [-0.39, 0.29) is 5.91 Å². The van der Waals surface area contributed by atoms with Gasteiger partial charge in [-0.15, -0.1) is 0 Å². The van der Waals surface area contributed by atoms with Gasteiger partial charge < -0.3 is 10.1 Å². The van der Waals surface area contributed by atoms with Gasteiger partial charge in [-0.1, -0.05) is 71.1 Å². The lowest BCUT2D eigenvalue weighted by atomic mass is 10.1. The highest BCUT2D eigenvalue weighted by Gasteiger charge is 2.08. The van der Waals surface area contributed by atoms with Crippen molar-refractivity contribution in [1.29, 1.82) is 0 Å². The minimum Gasteiger partial charge on any atom is -0.493 e. The van der Waals surface area contributed by atoms with Crippen LogP contribution in [0.2, 0.25) is 0 Å². The maximum absolute atomic E-state index is 12.0. The summed E-state index contributed by atoms with van der Waals surface area (Å²) in [5.74, 6) is 0.952. The largest absolute Gasteiger partial charge is 0.493 e. The molecule has 0 aliphatic heterocycles. The molecule has 0 aliphatic rings. The summed E-state index contributed by atoms with van der Waals surface area (Å²) < 4.78 is 5.94. The number of benzene rings is 1. The molecular weight excluding hydrogens is 312 g/mol. The molecule has 1 rings (SSSR count). The Morgan fingerprint density at radius 1 is 1.00 bits per heavy atom. The van der Waals surface area contributed by atoms with Crippen LogP contribution in [0.25, 0.3) is 0 Å². The summed E-state index contributed by atoms with van der Waals surface area (Å²) in [4.78, 5) is 14.2. The van der Waals surface area contributed by atoms with Crippen LogP contribution in [0, 0.1) is 0 Å². The second kappa shape index (κ2) is 13.7. The van der Waals surface area contributed by atoms with Crippen molar-refractivity contribution in [3.05, 3.63) is 29.8 Å². The van der Waals surface area contributed by atoms with Gasteiger partial charge in [-0.05, 0) is 25.6 Å². The van der Waals surface area contributed by atoms with Gasteiger partial charge in [0.2, 0.25) is 5.91 Å². The van der Waals surface area contributed by atoms with Crippen LogP contribution in [0.1, 0.15) is 64.9 Å². The van der Waals surface area contributed by atoms with Crippen LogP contribution >= 0.6 is 0 Å². The van der Waals surface area contributed by atoms with E-state index in [1.807, 2.05) is 24.3 Å². The summed E-state index contributed by atoms with van der Waals surface area (Å²) in [6, 6.07) is 7.98. The van der Waals surface area contributed by atoms with Crippen molar-refractivity contribution in [2.24, 2.45) is 0 Å². The number of unbranched alkanes of at least 4 members (excludes halogenated alkanes) is 5. The molecule has 25 heavy (non-hydrogen) atoms. The molecule has 0 fully saturated rings. The van der Waals surface area contributed by atoms with Crippen molar-refractivity contribution < 1.29 is 9.53 Å². The van der Waals surface area contributed by atoms with Crippen LogP contribution in [-0.2, 0) is 11.3 Å². The number of carbonyl (C=O) groups excluding carboxylic acids is 1. The fourth-order valence-electron chi connectivity index (χ4n) is 2.76. The number of likely N-dealkylation sites (N-methyl/N-ethyl adjacent to an activating group) is 1. The summed E-state index contributed by atoms with van der Waals surface area (Å²) in [5, 5.41) is 3.00. The van der Waals surface area contributed by atoms with E-state index >= 15 is 0 Å². The van der Waals surface area contributed by atoms with Crippen molar-refractivity contribution >= 4 is 5.91 Å². The zero-order chi connectivity index (χ0) is 18.3. The molecular formula is C21H36N2O2. The molecule has 1 aromatic carbocycles. The van der Waals surface area contributed by atoms with E-state index in [2.05, 4.69) is 31.0 Å². The van der Waals surface area contributed by atoms with Crippen LogP contribution in [0.5, 0.6) is 5.75 Å². The molecule has 0 atom stereocenters. The fourth-order valence-corrected chi connectivity index (χ4v) is 2.76. The summed E-state index contributed by atoms with van der Waals surface area (Å²) in [6.45, 7) is 9.88. The maximum Gasteiger partial charge on any atom is 0.234 e. The molecule has 0 spiro atoms. The van der Waals surface area contributed by atoms with Crippen LogP contribution in [0.15, 0.2) is 24.3 Å². The minimum absolute atomic E-state index is 0.0643. The molecule has 0 aliphatic carbocycles. The zero-order valence-electron chi connectivity index (χ0n) is 16.4. The molecule has 0 saturated heterocycles. The van der Waals surface area contributed by atoms with Crippen LogP contribution in [-0.4, -0.2) is 37.0 Å². The number of para-hydroxylation sites is 1. The van der Waals surface area contributed by atoms with E-state index in [1.165, 1.54) is 32.1 Å². The van der Waals surface area contributed by atoms with Crippen molar-refractivity contribution in [3.63, 3.8) is 0 Å². The van der Waals surface area contributed by atoms with Gasteiger partial charge in [0.1, 0.15) is 5.75 Å². The zero-order valence-corrected chi connectivity index (χ0v) is 16.4. The SMILES string of the molecule is CCCCCCCCOc1ccccc1CNC(=O)CN(CC)CC. The quantitative estimate of drug-likeness (QED) is 0.507. The van der Waals surface area contributed by atoms with Gasteiger partial charge in [-0.2, -0.15) is 0 Å². The molecule has 142 valence electrons. The maximum atomic E-state index is 12.0. The summed E-state index contributed by atoms with van der Waals surface area (Å²) in [5.41, 5.74) is 1.04. The van der Waals surface area contributed by atoms with Gasteiger partial charge in [-0.3, -0.25) is 9.69 Å². The second-order valence-corrected chi connectivity index (χ2v) is 6.46. The first-order chi connectivity index (χ1) is 12.2. The normalized spacial score (nSPS) is 10.9. The van der Waals surface area contributed by atoms with E-state index in [9.17, 15) is 4.79 Å². The number of carbonyl (C=O) groups is 1. The third-order valence-electron chi connectivity index (χ3n) is 4.47. The third kappa shape index (κ3) is 9.49. The molecule has 0 bridgehead atoms. The van der Waals surface area contributed by atoms with Gasteiger partial charge in [0.15, 0.2) is 0 Å². The Labute approximate surface area is 153 Å². The Hall–Kier alpha value is -1.55. The molecule has 0 radical (unpaired) electrons. The van der Waals surface area contributed by atoms with Crippen LogP contribution in [0.4, 0.5) is 0 Å². The molecule has 0 aromatic heterocycles. The van der Waals surface area contributed by atoms with Crippen LogP contribution < -0.4 is 10.1 Å². The molecule has 1 aromatic rings. The second-order valence-electron chi connectivity index (χ2n) is 6.46. The molecule has 1 N–H and O–H groups in total. The summed E-state index contributed by atoms with van der Waals surface area (Å²) in [7, 11) is 0. The number of nitrogens with zero attached hydrogens (tertiary/aromatic N) is 1. The van der Waals surface area contributed by atoms with Crippen molar-refractivity contribution in [3.8, 4) is 5.75 Å². The first-order valence-electron chi connectivity index (χ1n) is 9.90. The third-order valence-corrected chi connectivity index (χ3v) is 4.47. The van der Waals surface area contributed by atoms with E-state index in [0.29, 0.717) is 13.1 Å². The van der Waals surface area contributed by atoms with E-state index in [4.69, 9.17) is 4.74 Å². The monoisotopic (exact) mass is 348 g/mol. The number of nitrogens with one attached hydrogen (secondary N) is 1. The van der Waals surface area contributed by atoms with E-state index in [1.54, 1.807) is 0 Å². The molecule has 1 amide bonds. The highest BCUT2D eigenvalue weighted by molar-refractivity contribution is 5.78. The van der Waals surface area contributed by atoms with Crippen molar-refractivity contribution in [1.82, 2.24) is 10.2 Å². The van der Waals surface area contributed by atoms with Crippen LogP contribution in [0.3, 0.4) is 0 Å². The van der Waals surface area contributed by atoms with E-state index in [0.717, 1.165) is 37.4 Å². The summed E-state index contributed by atoms with van der Waals surface area (Å²) in [6.07, 6.45) is 7.54.